The van der Waals surface area contributed by atoms with Crippen molar-refractivity contribution in [2.45, 2.75) is 6.42 Å². The van der Waals surface area contributed by atoms with E-state index in [0.717, 1.165) is 4.47 Å². The molecule has 2 rings (SSSR count). The molecule has 0 aromatic heterocycles. The zero-order valence-electron chi connectivity index (χ0n) is 12.4. The zero-order chi connectivity index (χ0) is 17.7. The van der Waals surface area contributed by atoms with Crippen molar-refractivity contribution in [2.75, 3.05) is 17.6 Å². The van der Waals surface area contributed by atoms with Gasteiger partial charge in [-0.1, -0.05) is 39.1 Å². The summed E-state index contributed by atoms with van der Waals surface area (Å²) in [5.41, 5.74) is 6.87. The number of anilines is 2. The third-order valence-electron chi connectivity index (χ3n) is 3.11. The average molecular weight is 431 g/mol. The molecule has 0 saturated heterocycles. The van der Waals surface area contributed by atoms with Crippen molar-refractivity contribution < 1.29 is 9.59 Å². The first-order valence-corrected chi connectivity index (χ1v) is 8.50. The minimum atomic E-state index is -0.275. The number of hydrogen-bond acceptors (Lipinski definition) is 3. The van der Waals surface area contributed by atoms with Crippen molar-refractivity contribution in [3.8, 4) is 0 Å². The van der Waals surface area contributed by atoms with Crippen LogP contribution >= 0.6 is 39.1 Å². The van der Waals surface area contributed by atoms with Crippen molar-refractivity contribution in [3.63, 3.8) is 0 Å². The van der Waals surface area contributed by atoms with Crippen LogP contribution in [0.2, 0.25) is 10.0 Å². The molecule has 24 heavy (non-hydrogen) atoms. The largest absolute Gasteiger partial charge is 0.396 e. The monoisotopic (exact) mass is 429 g/mol. The Labute approximate surface area is 157 Å². The van der Waals surface area contributed by atoms with E-state index in [9.17, 15) is 9.59 Å². The minimum absolute atomic E-state index is 0.113. The molecular formula is C16H14BrCl2N3O2. The molecule has 0 spiro atoms. The first-order chi connectivity index (χ1) is 11.4. The van der Waals surface area contributed by atoms with Crippen LogP contribution in [0.5, 0.6) is 0 Å². The smallest absolute Gasteiger partial charge is 0.251 e. The molecule has 126 valence electrons. The number of nitrogen functional groups attached to an aromatic ring is 1. The number of nitrogens with two attached hydrogens (primary N) is 1. The summed E-state index contributed by atoms with van der Waals surface area (Å²) in [4.78, 5) is 23.8. The molecule has 2 aromatic rings. The molecule has 0 aliphatic rings. The molecule has 2 aromatic carbocycles. The van der Waals surface area contributed by atoms with Gasteiger partial charge in [0.15, 0.2) is 0 Å². The summed E-state index contributed by atoms with van der Waals surface area (Å²) >= 11 is 15.1. The van der Waals surface area contributed by atoms with Gasteiger partial charge in [-0.15, -0.1) is 0 Å². The summed E-state index contributed by atoms with van der Waals surface area (Å²) in [5, 5.41) is 5.86. The van der Waals surface area contributed by atoms with Crippen LogP contribution in [0, 0.1) is 0 Å². The van der Waals surface area contributed by atoms with Crippen LogP contribution in [0.3, 0.4) is 0 Å². The van der Waals surface area contributed by atoms with Crippen LogP contribution in [0.25, 0.3) is 0 Å². The molecule has 0 heterocycles. The predicted molar refractivity (Wildman–Crippen MR) is 101 cm³/mol. The maximum absolute atomic E-state index is 11.9. The average Bonchev–Trinajstić information content (AvgIpc) is 2.53. The summed E-state index contributed by atoms with van der Waals surface area (Å²) in [6, 6.07) is 9.96. The van der Waals surface area contributed by atoms with E-state index in [1.165, 1.54) is 12.1 Å². The Morgan fingerprint density at radius 1 is 1.08 bits per heavy atom. The topological polar surface area (TPSA) is 84.2 Å². The number of nitrogens with one attached hydrogen (secondary N) is 2. The molecule has 0 radical (unpaired) electrons. The van der Waals surface area contributed by atoms with Crippen molar-refractivity contribution in [1.29, 1.82) is 0 Å². The molecular weight excluding hydrogens is 417 g/mol. The number of benzene rings is 2. The van der Waals surface area contributed by atoms with Crippen LogP contribution < -0.4 is 16.4 Å². The molecule has 0 aliphatic carbocycles. The summed E-state index contributed by atoms with van der Waals surface area (Å²) in [5.74, 6) is -0.517. The number of hydrogen-bond donors (Lipinski definition) is 3. The number of halogens is 3. The lowest BCUT2D eigenvalue weighted by molar-refractivity contribution is -0.116. The van der Waals surface area contributed by atoms with Gasteiger partial charge in [0.25, 0.3) is 5.91 Å². The number of carbonyl (C=O) groups is 2. The van der Waals surface area contributed by atoms with Crippen molar-refractivity contribution in [3.05, 3.63) is 56.5 Å². The van der Waals surface area contributed by atoms with E-state index in [2.05, 4.69) is 26.6 Å². The van der Waals surface area contributed by atoms with Gasteiger partial charge >= 0.3 is 0 Å². The summed E-state index contributed by atoms with van der Waals surface area (Å²) in [7, 11) is 0. The van der Waals surface area contributed by atoms with Crippen molar-refractivity contribution >= 4 is 62.3 Å². The quantitative estimate of drug-likeness (QED) is 0.624. The fourth-order valence-electron chi connectivity index (χ4n) is 1.87. The molecule has 0 fully saturated rings. The van der Waals surface area contributed by atoms with Gasteiger partial charge in [0.05, 0.1) is 15.7 Å². The summed E-state index contributed by atoms with van der Waals surface area (Å²) < 4.78 is 0.888. The van der Waals surface area contributed by atoms with Crippen LogP contribution in [0.1, 0.15) is 16.8 Å². The van der Waals surface area contributed by atoms with E-state index in [1.54, 1.807) is 24.3 Å². The molecule has 0 bridgehead atoms. The van der Waals surface area contributed by atoms with Crippen LogP contribution in [0.4, 0.5) is 11.4 Å². The lowest BCUT2D eigenvalue weighted by Crippen LogP contribution is -2.27. The highest BCUT2D eigenvalue weighted by Gasteiger charge is 2.09. The lowest BCUT2D eigenvalue weighted by atomic mass is 10.2. The Morgan fingerprint density at radius 2 is 1.67 bits per heavy atom. The molecule has 5 nitrogen and oxygen atoms in total. The number of amides is 2. The van der Waals surface area contributed by atoms with Gasteiger partial charge in [-0.05, 0) is 36.4 Å². The molecule has 0 unspecified atom stereocenters. The third-order valence-corrected chi connectivity index (χ3v) is 4.26. The fourth-order valence-corrected chi connectivity index (χ4v) is 2.62. The van der Waals surface area contributed by atoms with E-state index in [-0.39, 0.29) is 40.5 Å². The van der Waals surface area contributed by atoms with Crippen LogP contribution in [-0.4, -0.2) is 18.4 Å². The molecule has 2 amide bonds. The maximum atomic E-state index is 11.9. The first-order valence-electron chi connectivity index (χ1n) is 6.95. The number of rotatable bonds is 5. The van der Waals surface area contributed by atoms with E-state index < -0.39 is 0 Å². The highest BCUT2D eigenvalue weighted by atomic mass is 79.9. The second-order valence-electron chi connectivity index (χ2n) is 4.91. The lowest BCUT2D eigenvalue weighted by Gasteiger charge is -2.09. The van der Waals surface area contributed by atoms with Gasteiger partial charge < -0.3 is 16.4 Å². The van der Waals surface area contributed by atoms with Gasteiger partial charge in [0.2, 0.25) is 5.91 Å². The van der Waals surface area contributed by atoms with E-state index in [1.807, 2.05) is 0 Å². The highest BCUT2D eigenvalue weighted by Crippen LogP contribution is 2.31. The molecule has 8 heteroatoms. The Bertz CT molecular complexity index is 743. The van der Waals surface area contributed by atoms with Gasteiger partial charge in [0.1, 0.15) is 0 Å². The van der Waals surface area contributed by atoms with E-state index in [4.69, 9.17) is 28.9 Å². The standard InChI is InChI=1S/C16H14BrCl2N3O2/c17-10-3-1-9(2-4-10)16(24)21-6-5-14(23)22-11-7-12(18)15(20)13(19)8-11/h1-4,7-8H,5-6,20H2,(H,21,24)(H,22,23). The molecule has 0 aliphatic heterocycles. The van der Waals surface area contributed by atoms with Crippen molar-refractivity contribution in [1.82, 2.24) is 5.32 Å². The molecule has 0 atom stereocenters. The highest BCUT2D eigenvalue weighted by molar-refractivity contribution is 9.10. The second-order valence-corrected chi connectivity index (χ2v) is 6.64. The van der Waals surface area contributed by atoms with E-state index in [0.29, 0.717) is 11.3 Å². The zero-order valence-corrected chi connectivity index (χ0v) is 15.5. The molecule has 4 N–H and O–H groups in total. The van der Waals surface area contributed by atoms with Gasteiger partial charge in [-0.2, -0.15) is 0 Å². The number of carbonyl (C=O) groups excluding carboxylic acids is 2. The van der Waals surface area contributed by atoms with E-state index >= 15 is 0 Å². The third kappa shape index (κ3) is 5.12. The van der Waals surface area contributed by atoms with Gasteiger partial charge in [-0.3, -0.25) is 9.59 Å². The maximum Gasteiger partial charge on any atom is 0.251 e. The van der Waals surface area contributed by atoms with Crippen molar-refractivity contribution in [2.24, 2.45) is 0 Å². The van der Waals surface area contributed by atoms with Gasteiger partial charge in [-0.25, -0.2) is 0 Å². The first kappa shape index (κ1) is 18.6. The Morgan fingerprint density at radius 3 is 2.25 bits per heavy atom. The van der Waals surface area contributed by atoms with Crippen LogP contribution in [0.15, 0.2) is 40.9 Å². The SMILES string of the molecule is Nc1c(Cl)cc(NC(=O)CCNC(=O)c2ccc(Br)cc2)cc1Cl. The Balaban J connectivity index is 1.83. The van der Waals surface area contributed by atoms with Gasteiger partial charge in [0, 0.05) is 28.7 Å². The Kier molecular flexibility index (Phi) is 6.48. The fraction of sp³-hybridized carbons (Fsp3) is 0.125. The molecule has 0 saturated carbocycles. The summed E-state index contributed by atoms with van der Waals surface area (Å²) in [6.07, 6.45) is 0.113. The van der Waals surface area contributed by atoms with Crippen LogP contribution in [-0.2, 0) is 4.79 Å². The second kappa shape index (κ2) is 8.37. The predicted octanol–water partition coefficient (Wildman–Crippen LogP) is 4.10. The minimum Gasteiger partial charge on any atom is -0.396 e. The Hall–Kier alpha value is -1.76. The normalized spacial score (nSPS) is 10.3. The summed E-state index contributed by atoms with van der Waals surface area (Å²) in [6.45, 7) is 0.206.